The molecule has 0 radical (unpaired) electrons. The Morgan fingerprint density at radius 1 is 1.48 bits per heavy atom. The summed E-state index contributed by atoms with van der Waals surface area (Å²) >= 11 is 0. The number of ether oxygens (including phenoxy) is 1. The Labute approximate surface area is 136 Å². The van der Waals surface area contributed by atoms with Gasteiger partial charge in [-0.05, 0) is 24.5 Å². The van der Waals surface area contributed by atoms with E-state index in [0.29, 0.717) is 31.9 Å². The minimum Gasteiger partial charge on any atom is -0.376 e. The number of fused-ring (bicyclic) bond motifs is 1. The Bertz CT molecular complexity index is 665. The summed E-state index contributed by atoms with van der Waals surface area (Å²) < 4.78 is 30.7. The van der Waals surface area contributed by atoms with Crippen LogP contribution in [0.4, 0.5) is 0 Å². The van der Waals surface area contributed by atoms with Gasteiger partial charge in [-0.15, -0.1) is 0 Å². The molecule has 0 spiro atoms. The highest BCUT2D eigenvalue weighted by molar-refractivity contribution is 7.88. The van der Waals surface area contributed by atoms with Crippen LogP contribution in [0.1, 0.15) is 16.9 Å². The van der Waals surface area contributed by atoms with Crippen molar-refractivity contribution < 1.29 is 17.9 Å². The average Bonchev–Trinajstić information content (AvgIpc) is 2.94. The third-order valence-corrected chi connectivity index (χ3v) is 5.20. The summed E-state index contributed by atoms with van der Waals surface area (Å²) in [6.45, 7) is 2.14. The van der Waals surface area contributed by atoms with Crippen molar-refractivity contribution in [1.82, 2.24) is 14.6 Å². The van der Waals surface area contributed by atoms with E-state index in [1.165, 1.54) is 0 Å². The molecule has 1 amide bonds. The summed E-state index contributed by atoms with van der Waals surface area (Å²) in [6, 6.07) is 5.31. The number of hydrogen-bond donors (Lipinski definition) is 1. The largest absolute Gasteiger partial charge is 0.376 e. The van der Waals surface area contributed by atoms with Crippen molar-refractivity contribution in [2.75, 3.05) is 32.5 Å². The van der Waals surface area contributed by atoms with Crippen LogP contribution in [0, 0.1) is 11.8 Å². The van der Waals surface area contributed by atoms with Gasteiger partial charge in [-0.2, -0.15) is 0 Å². The number of amides is 1. The number of piperidine rings is 1. The highest BCUT2D eigenvalue weighted by Crippen LogP contribution is 2.34. The van der Waals surface area contributed by atoms with E-state index in [0.717, 1.165) is 12.7 Å². The normalized spacial score (nSPS) is 27.7. The molecule has 3 atom stereocenters. The van der Waals surface area contributed by atoms with Crippen LogP contribution in [0.2, 0.25) is 0 Å². The summed E-state index contributed by atoms with van der Waals surface area (Å²) in [4.78, 5) is 18.4. The highest BCUT2D eigenvalue weighted by Gasteiger charge is 2.42. The minimum absolute atomic E-state index is 0.0539. The zero-order valence-corrected chi connectivity index (χ0v) is 13.8. The van der Waals surface area contributed by atoms with Gasteiger partial charge in [0.2, 0.25) is 10.0 Å². The first-order valence-corrected chi connectivity index (χ1v) is 9.60. The van der Waals surface area contributed by atoms with Gasteiger partial charge >= 0.3 is 0 Å². The minimum atomic E-state index is -3.21. The zero-order valence-electron chi connectivity index (χ0n) is 13.0. The first kappa shape index (κ1) is 16.4. The molecular formula is C15H21N3O4S. The number of hydrogen-bond acceptors (Lipinski definition) is 5. The smallest absolute Gasteiger partial charge is 0.272 e. The predicted octanol–water partition coefficient (Wildman–Crippen LogP) is 0.108. The van der Waals surface area contributed by atoms with E-state index in [9.17, 15) is 13.2 Å². The lowest BCUT2D eigenvalue weighted by Gasteiger charge is -2.35. The Morgan fingerprint density at radius 3 is 3.00 bits per heavy atom. The molecule has 0 bridgehead atoms. The molecule has 0 aromatic carbocycles. The van der Waals surface area contributed by atoms with Gasteiger partial charge in [0.05, 0.1) is 19.0 Å². The van der Waals surface area contributed by atoms with E-state index < -0.39 is 10.0 Å². The van der Waals surface area contributed by atoms with Crippen molar-refractivity contribution in [2.45, 2.75) is 12.5 Å². The zero-order chi connectivity index (χ0) is 16.4. The Kier molecular flexibility index (Phi) is 4.65. The average molecular weight is 339 g/mol. The quantitative estimate of drug-likeness (QED) is 0.841. The molecule has 2 aliphatic heterocycles. The van der Waals surface area contributed by atoms with Gasteiger partial charge in [0, 0.05) is 31.7 Å². The monoisotopic (exact) mass is 339 g/mol. The van der Waals surface area contributed by atoms with E-state index in [1.807, 2.05) is 4.90 Å². The molecule has 0 saturated carbocycles. The first-order valence-electron chi connectivity index (χ1n) is 7.70. The maximum absolute atomic E-state index is 12.5. The summed E-state index contributed by atoms with van der Waals surface area (Å²) in [6.07, 6.45) is 3.47. The molecule has 2 fully saturated rings. The van der Waals surface area contributed by atoms with Gasteiger partial charge in [-0.3, -0.25) is 9.78 Å². The Morgan fingerprint density at radius 2 is 2.30 bits per heavy atom. The van der Waals surface area contributed by atoms with Gasteiger partial charge in [0.25, 0.3) is 5.91 Å². The molecule has 7 nitrogen and oxygen atoms in total. The van der Waals surface area contributed by atoms with Crippen LogP contribution in [0.15, 0.2) is 24.4 Å². The van der Waals surface area contributed by atoms with Gasteiger partial charge in [0.15, 0.2) is 0 Å². The van der Waals surface area contributed by atoms with Crippen LogP contribution in [0.3, 0.4) is 0 Å². The third kappa shape index (κ3) is 3.88. The van der Waals surface area contributed by atoms with Gasteiger partial charge in [-0.1, -0.05) is 6.07 Å². The SMILES string of the molecule is CS(=O)(=O)NC[C@@H]1OC[C@H]2CN(C(=O)c3ccccn3)CC[C@H]21. The lowest BCUT2D eigenvalue weighted by Crippen LogP contribution is -2.46. The molecule has 3 heterocycles. The molecule has 126 valence electrons. The molecule has 0 aliphatic carbocycles. The molecule has 3 rings (SSSR count). The molecule has 1 aromatic rings. The maximum Gasteiger partial charge on any atom is 0.272 e. The van der Waals surface area contributed by atoms with Crippen LogP contribution in [0.25, 0.3) is 0 Å². The molecule has 2 aliphatic rings. The Hall–Kier alpha value is -1.51. The number of aromatic nitrogens is 1. The number of carbonyl (C=O) groups is 1. The number of carbonyl (C=O) groups excluding carboxylic acids is 1. The van der Waals surface area contributed by atoms with E-state index in [2.05, 4.69) is 9.71 Å². The standard InChI is InChI=1S/C15H21N3O4S/c1-23(20,21)17-8-14-12-5-7-18(9-11(12)10-22-14)15(19)13-4-2-3-6-16-13/h2-4,6,11-12,14,17H,5,7-10H2,1H3/t11-,12-,14+/m1/s1. The topological polar surface area (TPSA) is 88.6 Å². The lowest BCUT2D eigenvalue weighted by molar-refractivity contribution is 0.0611. The molecule has 23 heavy (non-hydrogen) atoms. The summed E-state index contributed by atoms with van der Waals surface area (Å²) in [5, 5.41) is 0. The van der Waals surface area contributed by atoms with Crippen molar-refractivity contribution >= 4 is 15.9 Å². The summed E-state index contributed by atoms with van der Waals surface area (Å²) in [5.74, 6) is 0.488. The summed E-state index contributed by atoms with van der Waals surface area (Å²) in [5.41, 5.74) is 0.458. The van der Waals surface area contributed by atoms with Crippen LogP contribution >= 0.6 is 0 Å². The van der Waals surface area contributed by atoms with Crippen LogP contribution < -0.4 is 4.72 Å². The molecular weight excluding hydrogens is 318 g/mol. The number of pyridine rings is 1. The molecule has 8 heteroatoms. The van der Waals surface area contributed by atoms with E-state index in [1.54, 1.807) is 24.4 Å². The second kappa shape index (κ2) is 6.54. The second-order valence-electron chi connectivity index (χ2n) is 6.17. The van der Waals surface area contributed by atoms with Gasteiger partial charge in [0.1, 0.15) is 5.69 Å². The number of nitrogens with zero attached hydrogens (tertiary/aromatic N) is 2. The number of likely N-dealkylation sites (tertiary alicyclic amines) is 1. The fourth-order valence-electron chi connectivity index (χ4n) is 3.37. The lowest BCUT2D eigenvalue weighted by atomic mass is 9.84. The third-order valence-electron chi connectivity index (χ3n) is 4.51. The van der Waals surface area contributed by atoms with Crippen molar-refractivity contribution in [1.29, 1.82) is 0 Å². The highest BCUT2D eigenvalue weighted by atomic mass is 32.2. The van der Waals surface area contributed by atoms with Crippen molar-refractivity contribution in [2.24, 2.45) is 11.8 Å². The van der Waals surface area contributed by atoms with Crippen molar-refractivity contribution in [3.05, 3.63) is 30.1 Å². The van der Waals surface area contributed by atoms with Gasteiger partial charge < -0.3 is 9.64 Å². The summed E-state index contributed by atoms with van der Waals surface area (Å²) in [7, 11) is -3.21. The molecule has 1 N–H and O–H groups in total. The fourth-order valence-corrected chi connectivity index (χ4v) is 3.83. The van der Waals surface area contributed by atoms with E-state index in [4.69, 9.17) is 4.74 Å². The van der Waals surface area contributed by atoms with Crippen molar-refractivity contribution in [3.8, 4) is 0 Å². The van der Waals surface area contributed by atoms with Crippen LogP contribution in [-0.4, -0.2) is 62.8 Å². The van der Waals surface area contributed by atoms with E-state index >= 15 is 0 Å². The Balaban J connectivity index is 1.59. The van der Waals surface area contributed by atoms with Crippen LogP contribution in [0.5, 0.6) is 0 Å². The predicted molar refractivity (Wildman–Crippen MR) is 84.3 cm³/mol. The number of nitrogens with one attached hydrogen (secondary N) is 1. The number of rotatable bonds is 4. The van der Waals surface area contributed by atoms with Crippen LogP contribution in [-0.2, 0) is 14.8 Å². The second-order valence-corrected chi connectivity index (χ2v) is 8.00. The molecule has 0 unspecified atom stereocenters. The number of sulfonamides is 1. The maximum atomic E-state index is 12.5. The first-order chi connectivity index (χ1) is 10.9. The van der Waals surface area contributed by atoms with Crippen molar-refractivity contribution in [3.63, 3.8) is 0 Å². The van der Waals surface area contributed by atoms with E-state index in [-0.39, 0.29) is 23.8 Å². The molecule has 1 aromatic heterocycles. The molecule has 2 saturated heterocycles. The van der Waals surface area contributed by atoms with Gasteiger partial charge in [-0.25, -0.2) is 13.1 Å². The fraction of sp³-hybridized carbons (Fsp3) is 0.600.